The van der Waals surface area contributed by atoms with Crippen LogP contribution in [0.5, 0.6) is 0 Å². The molecule has 0 bridgehead atoms. The van der Waals surface area contributed by atoms with Crippen LogP contribution >= 0.6 is 11.6 Å². The lowest BCUT2D eigenvalue weighted by Gasteiger charge is -2.23. The molecule has 1 saturated carbocycles. The highest BCUT2D eigenvalue weighted by molar-refractivity contribution is 6.21. The summed E-state index contributed by atoms with van der Waals surface area (Å²) < 4.78 is 0. The summed E-state index contributed by atoms with van der Waals surface area (Å²) in [4.78, 5) is 0. The van der Waals surface area contributed by atoms with E-state index in [1.807, 2.05) is 6.07 Å². The van der Waals surface area contributed by atoms with Crippen LogP contribution in [0.25, 0.3) is 0 Å². The van der Waals surface area contributed by atoms with E-state index in [4.69, 9.17) is 11.6 Å². The highest BCUT2D eigenvalue weighted by Gasteiger charge is 2.40. The number of aryl methyl sites for hydroxylation is 1. The van der Waals surface area contributed by atoms with Crippen molar-refractivity contribution in [3.63, 3.8) is 0 Å². The van der Waals surface area contributed by atoms with Gasteiger partial charge in [0, 0.05) is 5.38 Å². The maximum atomic E-state index is 10.2. The lowest BCUT2D eigenvalue weighted by Crippen LogP contribution is -2.21. The zero-order valence-electron chi connectivity index (χ0n) is 11.8. The minimum atomic E-state index is -0.201. The number of hydrogen-bond donors (Lipinski definition) is 1. The van der Waals surface area contributed by atoms with Crippen LogP contribution in [0.1, 0.15) is 44.6 Å². The fourth-order valence-corrected chi connectivity index (χ4v) is 3.85. The first-order chi connectivity index (χ1) is 9.22. The average molecular weight is 281 g/mol. The predicted molar refractivity (Wildman–Crippen MR) is 81.5 cm³/mol. The Morgan fingerprint density at radius 3 is 2.58 bits per heavy atom. The van der Waals surface area contributed by atoms with Crippen LogP contribution in [0.4, 0.5) is 0 Å². The summed E-state index contributed by atoms with van der Waals surface area (Å²) in [6.07, 6.45) is 6.28. The van der Waals surface area contributed by atoms with Gasteiger partial charge < -0.3 is 5.11 Å². The number of hydrogen-bond acceptors (Lipinski definition) is 1. The van der Waals surface area contributed by atoms with Crippen molar-refractivity contribution >= 4 is 11.6 Å². The van der Waals surface area contributed by atoms with E-state index in [2.05, 4.69) is 31.2 Å². The third-order valence-corrected chi connectivity index (χ3v) is 4.98. The van der Waals surface area contributed by atoms with Gasteiger partial charge >= 0.3 is 0 Å². The molecule has 0 radical (unpaired) electrons. The average Bonchev–Trinajstić information content (AvgIpc) is 2.69. The third-order valence-electron chi connectivity index (χ3n) is 4.48. The molecule has 2 rings (SSSR count). The van der Waals surface area contributed by atoms with Crippen LogP contribution in [0, 0.1) is 11.8 Å². The zero-order valence-corrected chi connectivity index (χ0v) is 12.5. The Bertz CT molecular complexity index is 365. The van der Waals surface area contributed by atoms with Crippen LogP contribution in [0.15, 0.2) is 30.3 Å². The molecule has 19 heavy (non-hydrogen) atoms. The van der Waals surface area contributed by atoms with Crippen molar-refractivity contribution in [2.45, 2.75) is 56.9 Å². The van der Waals surface area contributed by atoms with Crippen molar-refractivity contribution in [1.29, 1.82) is 0 Å². The molecule has 1 aliphatic carbocycles. The maximum absolute atomic E-state index is 10.2. The number of aliphatic hydroxyl groups is 1. The minimum Gasteiger partial charge on any atom is -0.393 e. The number of benzene rings is 1. The minimum absolute atomic E-state index is 0.169. The van der Waals surface area contributed by atoms with Crippen LogP contribution in [-0.2, 0) is 6.42 Å². The summed E-state index contributed by atoms with van der Waals surface area (Å²) in [7, 11) is 0. The van der Waals surface area contributed by atoms with Gasteiger partial charge in [0.2, 0.25) is 0 Å². The number of halogens is 1. The summed E-state index contributed by atoms with van der Waals surface area (Å²) in [6.45, 7) is 2.22. The number of alkyl halides is 1. The Morgan fingerprint density at radius 1 is 1.16 bits per heavy atom. The van der Waals surface area contributed by atoms with Crippen molar-refractivity contribution in [3.05, 3.63) is 35.9 Å². The maximum Gasteiger partial charge on any atom is 0.0585 e. The molecule has 4 atom stereocenters. The first kappa shape index (κ1) is 14.9. The van der Waals surface area contributed by atoms with Crippen LogP contribution in [-0.4, -0.2) is 16.6 Å². The fourth-order valence-electron chi connectivity index (χ4n) is 3.35. The van der Waals surface area contributed by atoms with Gasteiger partial charge in [0.15, 0.2) is 0 Å². The Hall–Kier alpha value is -0.530. The van der Waals surface area contributed by atoms with Gasteiger partial charge in [-0.3, -0.25) is 0 Å². The second kappa shape index (κ2) is 7.31. The molecule has 0 heterocycles. The molecule has 0 amide bonds. The SMILES string of the molecule is CCCCC1C(Cl)CC(O)C1CCc1ccccc1. The molecule has 4 unspecified atom stereocenters. The van der Waals surface area contributed by atoms with Gasteiger partial charge in [0.1, 0.15) is 0 Å². The number of aliphatic hydroxyl groups excluding tert-OH is 1. The third kappa shape index (κ3) is 3.97. The Kier molecular flexibility index (Phi) is 5.72. The Morgan fingerprint density at radius 2 is 1.89 bits per heavy atom. The lowest BCUT2D eigenvalue weighted by atomic mass is 9.85. The van der Waals surface area contributed by atoms with Crippen molar-refractivity contribution in [3.8, 4) is 0 Å². The lowest BCUT2D eigenvalue weighted by molar-refractivity contribution is 0.109. The molecule has 1 N–H and O–H groups in total. The summed E-state index contributed by atoms with van der Waals surface area (Å²) >= 11 is 6.43. The molecular weight excluding hydrogens is 256 g/mol. The first-order valence-corrected chi connectivity index (χ1v) is 8.02. The number of rotatable bonds is 6. The molecule has 1 aromatic carbocycles. The van der Waals surface area contributed by atoms with Crippen LogP contribution < -0.4 is 0 Å². The quantitative estimate of drug-likeness (QED) is 0.765. The summed E-state index contributed by atoms with van der Waals surface area (Å²) in [5.41, 5.74) is 1.36. The van der Waals surface area contributed by atoms with Gasteiger partial charge in [-0.2, -0.15) is 0 Å². The van der Waals surface area contributed by atoms with Gasteiger partial charge in [0.25, 0.3) is 0 Å². The standard InChI is InChI=1S/C17H25ClO/c1-2-3-9-14-15(17(19)12-16(14)18)11-10-13-7-5-4-6-8-13/h4-8,14-17,19H,2-3,9-12H2,1H3. The largest absolute Gasteiger partial charge is 0.393 e. The topological polar surface area (TPSA) is 20.2 Å². The second-order valence-electron chi connectivity index (χ2n) is 5.81. The molecular formula is C17H25ClO. The molecule has 0 spiro atoms. The molecule has 0 aromatic heterocycles. The van der Waals surface area contributed by atoms with E-state index >= 15 is 0 Å². The molecule has 1 aliphatic rings. The Labute approximate surface area is 122 Å². The van der Waals surface area contributed by atoms with E-state index in [0.717, 1.165) is 19.3 Å². The van der Waals surface area contributed by atoms with Gasteiger partial charge in [0.05, 0.1) is 6.10 Å². The normalized spacial score (nSPS) is 30.7. The van der Waals surface area contributed by atoms with E-state index < -0.39 is 0 Å². The smallest absolute Gasteiger partial charge is 0.0585 e. The van der Waals surface area contributed by atoms with Gasteiger partial charge in [-0.25, -0.2) is 0 Å². The summed E-state index contributed by atoms with van der Waals surface area (Å²) in [5.74, 6) is 0.884. The molecule has 1 aromatic rings. The van der Waals surface area contributed by atoms with Crippen LogP contribution in [0.2, 0.25) is 0 Å². The summed E-state index contributed by atoms with van der Waals surface area (Å²) in [6, 6.07) is 10.5. The highest BCUT2D eigenvalue weighted by Crippen LogP contribution is 2.41. The predicted octanol–water partition coefficient (Wildman–Crippen LogP) is 4.41. The van der Waals surface area contributed by atoms with E-state index in [1.165, 1.54) is 24.8 Å². The van der Waals surface area contributed by atoms with Crippen molar-refractivity contribution in [2.75, 3.05) is 0 Å². The Balaban J connectivity index is 1.92. The molecule has 2 heteroatoms. The first-order valence-electron chi connectivity index (χ1n) is 7.58. The monoisotopic (exact) mass is 280 g/mol. The van der Waals surface area contributed by atoms with Gasteiger partial charge in [-0.05, 0) is 43.1 Å². The van der Waals surface area contributed by atoms with Crippen molar-refractivity contribution in [1.82, 2.24) is 0 Å². The summed E-state index contributed by atoms with van der Waals surface area (Å²) in [5, 5.41) is 10.4. The van der Waals surface area contributed by atoms with Gasteiger partial charge in [-0.15, -0.1) is 11.6 Å². The van der Waals surface area contributed by atoms with E-state index in [-0.39, 0.29) is 11.5 Å². The highest BCUT2D eigenvalue weighted by atomic mass is 35.5. The van der Waals surface area contributed by atoms with Crippen molar-refractivity contribution < 1.29 is 5.11 Å². The van der Waals surface area contributed by atoms with E-state index in [9.17, 15) is 5.11 Å². The number of unbranched alkanes of at least 4 members (excludes halogenated alkanes) is 1. The molecule has 1 nitrogen and oxygen atoms in total. The van der Waals surface area contributed by atoms with Gasteiger partial charge in [-0.1, -0.05) is 50.1 Å². The van der Waals surface area contributed by atoms with E-state index in [0.29, 0.717) is 11.8 Å². The van der Waals surface area contributed by atoms with Crippen LogP contribution in [0.3, 0.4) is 0 Å². The second-order valence-corrected chi connectivity index (χ2v) is 6.37. The molecule has 1 fully saturated rings. The molecule has 0 saturated heterocycles. The van der Waals surface area contributed by atoms with Crippen molar-refractivity contribution in [2.24, 2.45) is 11.8 Å². The van der Waals surface area contributed by atoms with E-state index in [1.54, 1.807) is 0 Å². The zero-order chi connectivity index (χ0) is 13.7. The molecule has 106 valence electrons. The fraction of sp³-hybridized carbons (Fsp3) is 0.647. The molecule has 0 aliphatic heterocycles.